The fourth-order valence-electron chi connectivity index (χ4n) is 3.10. The van der Waals surface area contributed by atoms with Gasteiger partial charge in [-0.1, -0.05) is 13.8 Å². The lowest BCUT2D eigenvalue weighted by molar-refractivity contribution is 0.0997. The van der Waals surface area contributed by atoms with Gasteiger partial charge in [0.2, 0.25) is 0 Å². The third kappa shape index (κ3) is 2.94. The molecule has 0 aromatic carbocycles. The Hall–Kier alpha value is -0.0800. The minimum Gasteiger partial charge on any atom is -0.315 e. The van der Waals surface area contributed by atoms with Crippen molar-refractivity contribution in [2.75, 3.05) is 26.2 Å². The first-order valence-corrected chi connectivity index (χ1v) is 6.72. The lowest BCUT2D eigenvalue weighted by Gasteiger charge is -2.40. The molecule has 2 heteroatoms. The molecule has 2 aliphatic rings. The molecule has 0 aromatic heterocycles. The minimum absolute atomic E-state index is 0.840. The molecule has 0 radical (unpaired) electrons. The summed E-state index contributed by atoms with van der Waals surface area (Å²) < 4.78 is 0. The minimum atomic E-state index is 0.840. The van der Waals surface area contributed by atoms with Crippen molar-refractivity contribution in [3.05, 3.63) is 0 Å². The molecular formula is C13H26N2. The zero-order valence-electron chi connectivity index (χ0n) is 10.3. The fraction of sp³-hybridized carbons (Fsp3) is 1.00. The normalized spacial score (nSPS) is 31.0. The molecule has 2 aliphatic heterocycles. The Bertz CT molecular complexity index is 177. The third-order valence-electron chi connectivity index (χ3n) is 4.30. The predicted octanol–water partition coefficient (Wildman–Crippen LogP) is 2.11. The highest BCUT2D eigenvalue weighted by atomic mass is 15.2. The topological polar surface area (TPSA) is 15.3 Å². The second-order valence-electron chi connectivity index (χ2n) is 5.62. The van der Waals surface area contributed by atoms with Gasteiger partial charge in [0.1, 0.15) is 0 Å². The first-order chi connectivity index (χ1) is 7.27. The van der Waals surface area contributed by atoms with Crippen LogP contribution in [0.1, 0.15) is 39.5 Å². The van der Waals surface area contributed by atoms with Crippen LogP contribution >= 0.6 is 0 Å². The lowest BCUT2D eigenvalue weighted by Crippen LogP contribution is -2.49. The second kappa shape index (κ2) is 5.31. The van der Waals surface area contributed by atoms with Gasteiger partial charge >= 0.3 is 0 Å². The van der Waals surface area contributed by atoms with Gasteiger partial charge in [-0.3, -0.25) is 4.90 Å². The summed E-state index contributed by atoms with van der Waals surface area (Å²) in [4.78, 5) is 2.73. The maximum absolute atomic E-state index is 3.52. The van der Waals surface area contributed by atoms with Crippen molar-refractivity contribution in [3.8, 4) is 0 Å². The molecule has 0 amide bonds. The zero-order valence-corrected chi connectivity index (χ0v) is 10.3. The van der Waals surface area contributed by atoms with E-state index in [1.165, 1.54) is 51.9 Å². The van der Waals surface area contributed by atoms with Crippen LogP contribution in [0.4, 0.5) is 0 Å². The van der Waals surface area contributed by atoms with Crippen LogP contribution in [0, 0.1) is 11.8 Å². The Morgan fingerprint density at radius 1 is 1.13 bits per heavy atom. The Morgan fingerprint density at radius 3 is 2.40 bits per heavy atom. The first-order valence-electron chi connectivity index (χ1n) is 6.72. The number of nitrogens with one attached hydrogen (secondary N) is 1. The average molecular weight is 210 g/mol. The standard InChI is InChI=1S/C13H26N2/c1-11(2)12-5-8-15(9-6-12)13-4-3-7-14-10-13/h11-14H,3-10H2,1-2H3. The summed E-state index contributed by atoms with van der Waals surface area (Å²) in [6.07, 6.45) is 5.64. The van der Waals surface area contributed by atoms with Crippen LogP contribution in [0.25, 0.3) is 0 Å². The lowest BCUT2D eigenvalue weighted by atomic mass is 9.86. The second-order valence-corrected chi connectivity index (χ2v) is 5.62. The van der Waals surface area contributed by atoms with E-state index in [1.807, 2.05) is 0 Å². The van der Waals surface area contributed by atoms with E-state index in [9.17, 15) is 0 Å². The molecule has 2 fully saturated rings. The number of nitrogens with zero attached hydrogens (tertiary/aromatic N) is 1. The Kier molecular flexibility index (Phi) is 4.04. The van der Waals surface area contributed by atoms with E-state index in [4.69, 9.17) is 0 Å². The van der Waals surface area contributed by atoms with Crippen molar-refractivity contribution in [2.45, 2.75) is 45.6 Å². The van der Waals surface area contributed by atoms with E-state index < -0.39 is 0 Å². The van der Waals surface area contributed by atoms with E-state index >= 15 is 0 Å². The van der Waals surface area contributed by atoms with Crippen LogP contribution in [0.3, 0.4) is 0 Å². The number of hydrogen-bond donors (Lipinski definition) is 1. The summed E-state index contributed by atoms with van der Waals surface area (Å²) in [5, 5.41) is 3.52. The van der Waals surface area contributed by atoms with E-state index in [2.05, 4.69) is 24.1 Å². The highest BCUT2D eigenvalue weighted by Gasteiger charge is 2.26. The largest absolute Gasteiger partial charge is 0.315 e. The van der Waals surface area contributed by atoms with Gasteiger partial charge in [-0.2, -0.15) is 0 Å². The number of rotatable bonds is 2. The van der Waals surface area contributed by atoms with Crippen molar-refractivity contribution in [3.63, 3.8) is 0 Å². The summed E-state index contributed by atoms with van der Waals surface area (Å²) in [5.41, 5.74) is 0. The molecule has 2 rings (SSSR count). The van der Waals surface area contributed by atoms with Crippen LogP contribution in [0.5, 0.6) is 0 Å². The Labute approximate surface area is 94.4 Å². The Balaban J connectivity index is 1.77. The van der Waals surface area contributed by atoms with Crippen LogP contribution < -0.4 is 5.32 Å². The van der Waals surface area contributed by atoms with E-state index in [0.717, 1.165) is 17.9 Å². The van der Waals surface area contributed by atoms with Crippen LogP contribution in [-0.2, 0) is 0 Å². The molecule has 88 valence electrons. The third-order valence-corrected chi connectivity index (χ3v) is 4.30. The number of piperidine rings is 2. The van der Waals surface area contributed by atoms with Crippen LogP contribution in [0.2, 0.25) is 0 Å². The van der Waals surface area contributed by atoms with Gasteiger partial charge in [0.25, 0.3) is 0 Å². The number of hydrogen-bond acceptors (Lipinski definition) is 2. The van der Waals surface area contributed by atoms with Gasteiger partial charge in [-0.25, -0.2) is 0 Å². The van der Waals surface area contributed by atoms with E-state index in [-0.39, 0.29) is 0 Å². The van der Waals surface area contributed by atoms with Crippen molar-refractivity contribution in [1.29, 1.82) is 0 Å². The molecule has 0 saturated carbocycles. The molecule has 1 atom stereocenters. The molecule has 2 saturated heterocycles. The molecule has 1 unspecified atom stereocenters. The highest BCUT2D eigenvalue weighted by Crippen LogP contribution is 2.26. The number of likely N-dealkylation sites (tertiary alicyclic amines) is 1. The van der Waals surface area contributed by atoms with Gasteiger partial charge in [0.05, 0.1) is 0 Å². The summed E-state index contributed by atoms with van der Waals surface area (Å²) in [6.45, 7) is 9.90. The molecule has 15 heavy (non-hydrogen) atoms. The fourth-order valence-corrected chi connectivity index (χ4v) is 3.10. The predicted molar refractivity (Wildman–Crippen MR) is 65.0 cm³/mol. The molecule has 0 aromatic rings. The van der Waals surface area contributed by atoms with Gasteiger partial charge in [-0.05, 0) is 57.2 Å². The summed E-state index contributed by atoms with van der Waals surface area (Å²) in [7, 11) is 0. The van der Waals surface area contributed by atoms with Crippen LogP contribution in [0.15, 0.2) is 0 Å². The molecule has 2 nitrogen and oxygen atoms in total. The van der Waals surface area contributed by atoms with Crippen molar-refractivity contribution < 1.29 is 0 Å². The van der Waals surface area contributed by atoms with Gasteiger partial charge < -0.3 is 5.32 Å². The SMILES string of the molecule is CC(C)C1CCN(C2CCCNC2)CC1. The highest BCUT2D eigenvalue weighted by molar-refractivity contribution is 4.83. The van der Waals surface area contributed by atoms with Crippen LogP contribution in [-0.4, -0.2) is 37.1 Å². The summed E-state index contributed by atoms with van der Waals surface area (Å²) in [5.74, 6) is 1.87. The molecule has 0 spiro atoms. The molecular weight excluding hydrogens is 184 g/mol. The molecule has 0 bridgehead atoms. The maximum Gasteiger partial charge on any atom is 0.0221 e. The summed E-state index contributed by atoms with van der Waals surface area (Å²) >= 11 is 0. The van der Waals surface area contributed by atoms with E-state index in [1.54, 1.807) is 0 Å². The maximum atomic E-state index is 3.52. The first kappa shape index (κ1) is 11.4. The van der Waals surface area contributed by atoms with Gasteiger partial charge in [0.15, 0.2) is 0 Å². The molecule has 0 aliphatic carbocycles. The quantitative estimate of drug-likeness (QED) is 0.751. The molecule has 2 heterocycles. The van der Waals surface area contributed by atoms with Gasteiger partial charge in [-0.15, -0.1) is 0 Å². The Morgan fingerprint density at radius 2 is 1.87 bits per heavy atom. The monoisotopic (exact) mass is 210 g/mol. The average Bonchev–Trinajstić information content (AvgIpc) is 2.30. The van der Waals surface area contributed by atoms with Crippen molar-refractivity contribution in [1.82, 2.24) is 10.2 Å². The van der Waals surface area contributed by atoms with Gasteiger partial charge in [0, 0.05) is 12.6 Å². The summed E-state index contributed by atoms with van der Waals surface area (Å²) in [6, 6.07) is 0.840. The van der Waals surface area contributed by atoms with Crippen molar-refractivity contribution >= 4 is 0 Å². The zero-order chi connectivity index (χ0) is 10.7. The van der Waals surface area contributed by atoms with E-state index in [0.29, 0.717) is 0 Å². The smallest absolute Gasteiger partial charge is 0.0221 e. The molecule has 1 N–H and O–H groups in total. The van der Waals surface area contributed by atoms with Crippen molar-refractivity contribution in [2.24, 2.45) is 11.8 Å².